The average Bonchev–Trinajstić information content (AvgIpc) is 2.65. The van der Waals surface area contributed by atoms with E-state index in [4.69, 9.17) is 0 Å². The zero-order chi connectivity index (χ0) is 23.8. The van der Waals surface area contributed by atoms with Gasteiger partial charge in [0.1, 0.15) is 6.10 Å². The molecule has 184 valence electrons. The van der Waals surface area contributed by atoms with E-state index in [0.717, 1.165) is 0 Å². The molecule has 0 aromatic rings. The van der Waals surface area contributed by atoms with Gasteiger partial charge < -0.3 is 9.47 Å². The van der Waals surface area contributed by atoms with E-state index in [1.54, 1.807) is 0 Å². The number of ether oxygens (including phenoxy) is 2. The van der Waals surface area contributed by atoms with Crippen LogP contribution in [0.15, 0.2) is 0 Å². The van der Waals surface area contributed by atoms with Crippen LogP contribution >= 0.6 is 0 Å². The normalized spacial score (nSPS) is 27.9. The molecule has 0 N–H and O–H groups in total. The van der Waals surface area contributed by atoms with Crippen molar-refractivity contribution in [2.24, 2.45) is 5.92 Å². The highest BCUT2D eigenvalue weighted by molar-refractivity contribution is 4.92. The van der Waals surface area contributed by atoms with Crippen LogP contribution in [0.2, 0.25) is 0 Å². The van der Waals surface area contributed by atoms with Crippen LogP contribution in [0, 0.1) is 5.92 Å². The lowest BCUT2D eigenvalue weighted by Gasteiger charge is -2.41. The minimum atomic E-state index is -5.85. The zero-order valence-electron chi connectivity index (χ0n) is 15.6. The molecule has 0 spiro atoms. The lowest BCUT2D eigenvalue weighted by atomic mass is 9.95. The first-order valence-electron chi connectivity index (χ1n) is 9.10. The van der Waals surface area contributed by atoms with Gasteiger partial charge in [0.05, 0.1) is 25.2 Å². The quantitative estimate of drug-likeness (QED) is 0.395. The molecule has 31 heavy (non-hydrogen) atoms. The number of hydrogen-bond acceptors (Lipinski definition) is 3. The lowest BCUT2D eigenvalue weighted by molar-refractivity contribution is -0.277. The van der Waals surface area contributed by atoms with Crippen LogP contribution in [0.25, 0.3) is 0 Å². The molecule has 0 bridgehead atoms. The van der Waals surface area contributed by atoms with Crippen molar-refractivity contribution in [2.75, 3.05) is 26.3 Å². The van der Waals surface area contributed by atoms with Gasteiger partial charge in [0.15, 0.2) is 0 Å². The number of piperidine rings is 1. The topological polar surface area (TPSA) is 21.7 Å². The Hall–Kier alpha value is -0.960. The predicted molar refractivity (Wildman–Crippen MR) is 80.2 cm³/mol. The van der Waals surface area contributed by atoms with Gasteiger partial charge in [-0.15, -0.1) is 0 Å². The second-order valence-electron chi connectivity index (χ2n) is 7.51. The summed E-state index contributed by atoms with van der Waals surface area (Å²) in [5, 5.41) is 0. The number of rotatable bonds is 6. The Morgan fingerprint density at radius 1 is 0.806 bits per heavy atom. The van der Waals surface area contributed by atoms with Crippen LogP contribution in [-0.2, 0) is 9.47 Å². The van der Waals surface area contributed by atoms with E-state index in [1.807, 2.05) is 0 Å². The highest BCUT2D eigenvalue weighted by Gasteiger charge is 2.59. The van der Waals surface area contributed by atoms with Crippen LogP contribution in [0.4, 0.5) is 52.7 Å². The largest absolute Gasteiger partial charge is 0.425 e. The summed E-state index contributed by atoms with van der Waals surface area (Å²) in [6, 6.07) is 0. The Morgan fingerprint density at radius 2 is 1.35 bits per heavy atom. The summed E-state index contributed by atoms with van der Waals surface area (Å²) in [5.41, 5.74) is 0. The zero-order valence-corrected chi connectivity index (χ0v) is 15.6. The van der Waals surface area contributed by atoms with Crippen molar-refractivity contribution >= 4 is 0 Å². The summed E-state index contributed by atoms with van der Waals surface area (Å²) in [7, 11) is 0. The maximum absolute atomic E-state index is 14.4. The van der Waals surface area contributed by atoms with Gasteiger partial charge in [-0.3, -0.25) is 4.90 Å². The van der Waals surface area contributed by atoms with Gasteiger partial charge in [-0.1, -0.05) is 0 Å². The summed E-state index contributed by atoms with van der Waals surface area (Å²) in [4.78, 5) is 0.489. The smallest absolute Gasteiger partial charge is 0.373 e. The SMILES string of the molecule is FC(C(F)(F)F)C(F)(F)CC1COC(C(F)(F)C(F)N2CCC(C(F)(F)F)CC2)CO1. The van der Waals surface area contributed by atoms with Crippen molar-refractivity contribution in [2.45, 2.75) is 68.1 Å². The molecule has 4 atom stereocenters. The molecule has 0 amide bonds. The molecule has 0 aromatic carbocycles. The second kappa shape index (κ2) is 9.12. The number of alkyl halides is 12. The molecule has 2 fully saturated rings. The van der Waals surface area contributed by atoms with Gasteiger partial charge in [0.25, 0.3) is 12.1 Å². The molecule has 3 nitrogen and oxygen atoms in total. The van der Waals surface area contributed by atoms with E-state index in [2.05, 4.69) is 9.47 Å². The monoisotopic (exact) mass is 485 g/mol. The fraction of sp³-hybridized carbons (Fsp3) is 1.00. The number of halogens is 12. The maximum atomic E-state index is 14.4. The third-order valence-electron chi connectivity index (χ3n) is 5.18. The Bertz CT molecular complexity index is 580. The van der Waals surface area contributed by atoms with Crippen LogP contribution in [0.3, 0.4) is 0 Å². The highest BCUT2D eigenvalue weighted by atomic mass is 19.4. The summed E-state index contributed by atoms with van der Waals surface area (Å²) in [6.07, 6.45) is -25.1. The molecule has 15 heteroatoms. The van der Waals surface area contributed by atoms with Crippen LogP contribution in [0.1, 0.15) is 19.3 Å². The predicted octanol–water partition coefficient (Wildman–Crippen LogP) is 4.90. The lowest BCUT2D eigenvalue weighted by Crippen LogP contribution is -2.58. The van der Waals surface area contributed by atoms with Crippen molar-refractivity contribution < 1.29 is 62.2 Å². The van der Waals surface area contributed by atoms with Gasteiger partial charge in [0, 0.05) is 19.5 Å². The van der Waals surface area contributed by atoms with Crippen molar-refractivity contribution in [3.8, 4) is 0 Å². The van der Waals surface area contributed by atoms with Crippen LogP contribution in [0.5, 0.6) is 0 Å². The van der Waals surface area contributed by atoms with Crippen molar-refractivity contribution in [3.05, 3.63) is 0 Å². The standard InChI is InChI=1S/C16H19F12NO2/c17-11(16(26,27)28)13(19,20)5-9-6-31-10(7-30-9)14(21,22)12(18)29-3-1-8(2-4-29)15(23,24)25/h8-12H,1-7H2. The highest BCUT2D eigenvalue weighted by Crippen LogP contribution is 2.41. The van der Waals surface area contributed by atoms with E-state index in [0.29, 0.717) is 4.90 Å². The van der Waals surface area contributed by atoms with Gasteiger partial charge >= 0.3 is 18.3 Å². The van der Waals surface area contributed by atoms with E-state index in [-0.39, 0.29) is 0 Å². The van der Waals surface area contributed by atoms with E-state index < -0.39 is 100 Å². The van der Waals surface area contributed by atoms with Gasteiger partial charge in [-0.05, 0) is 12.8 Å². The fourth-order valence-electron chi connectivity index (χ4n) is 3.38. The molecule has 4 unspecified atom stereocenters. The van der Waals surface area contributed by atoms with Gasteiger partial charge in [-0.2, -0.15) is 35.1 Å². The van der Waals surface area contributed by atoms with Gasteiger partial charge in [-0.25, -0.2) is 17.6 Å². The summed E-state index contributed by atoms with van der Waals surface area (Å²) < 4.78 is 166. The number of hydrogen-bond donors (Lipinski definition) is 0. The molecule has 0 aliphatic carbocycles. The van der Waals surface area contributed by atoms with E-state index in [9.17, 15) is 52.7 Å². The third kappa shape index (κ3) is 6.30. The first-order valence-corrected chi connectivity index (χ1v) is 9.10. The van der Waals surface area contributed by atoms with Crippen molar-refractivity contribution in [1.29, 1.82) is 0 Å². The molecule has 0 saturated carbocycles. The maximum Gasteiger partial charge on any atom is 0.425 e. The number of likely N-dealkylation sites (tertiary alicyclic amines) is 1. The molecule has 2 aliphatic heterocycles. The van der Waals surface area contributed by atoms with Crippen molar-refractivity contribution in [1.82, 2.24) is 4.90 Å². The second-order valence-corrected chi connectivity index (χ2v) is 7.51. The Labute approximate surface area is 168 Å². The van der Waals surface area contributed by atoms with E-state index >= 15 is 0 Å². The summed E-state index contributed by atoms with van der Waals surface area (Å²) in [5.74, 6) is -11.0. The molecule has 0 radical (unpaired) electrons. The fourth-order valence-corrected chi connectivity index (χ4v) is 3.38. The first kappa shape index (κ1) is 26.3. The Morgan fingerprint density at radius 3 is 1.77 bits per heavy atom. The molecule has 0 aromatic heterocycles. The third-order valence-corrected chi connectivity index (χ3v) is 5.18. The summed E-state index contributed by atoms with van der Waals surface area (Å²) >= 11 is 0. The van der Waals surface area contributed by atoms with Crippen LogP contribution < -0.4 is 0 Å². The molecule has 2 saturated heterocycles. The van der Waals surface area contributed by atoms with E-state index in [1.165, 1.54) is 0 Å². The Balaban J connectivity index is 1.90. The summed E-state index contributed by atoms with van der Waals surface area (Å²) in [6.45, 7) is -3.49. The van der Waals surface area contributed by atoms with Crippen LogP contribution in [-0.4, -0.2) is 80.1 Å². The Kier molecular flexibility index (Phi) is 7.73. The molecule has 2 heterocycles. The molecule has 2 aliphatic rings. The minimum absolute atomic E-state index is 0.489. The first-order chi connectivity index (χ1) is 14.0. The minimum Gasteiger partial charge on any atom is -0.373 e. The molecular weight excluding hydrogens is 466 g/mol. The molecular formula is C16H19F12NO2. The van der Waals surface area contributed by atoms with Crippen molar-refractivity contribution in [3.63, 3.8) is 0 Å². The van der Waals surface area contributed by atoms with Gasteiger partial charge in [0.2, 0.25) is 6.30 Å². The average molecular weight is 485 g/mol. The number of nitrogens with zero attached hydrogens (tertiary/aromatic N) is 1. The molecule has 2 rings (SSSR count).